The molecule has 33 heavy (non-hydrogen) atoms. The topological polar surface area (TPSA) is 50.4 Å². The summed E-state index contributed by atoms with van der Waals surface area (Å²) in [6, 6.07) is 5.22. The zero-order chi connectivity index (χ0) is 24.0. The van der Waals surface area contributed by atoms with Crippen molar-refractivity contribution in [2.75, 3.05) is 0 Å². The number of carbonyl (C=O) groups is 1. The van der Waals surface area contributed by atoms with E-state index in [4.69, 9.17) is 28.0 Å². The number of benzene rings is 2. The molecule has 1 heterocycles. The van der Waals surface area contributed by atoms with Crippen molar-refractivity contribution in [1.29, 1.82) is 0 Å². The standard InChI is InChI=1S/C22H17Cl2F5N2O2/c23-15-7-14(8-16(24)20(15)26)21(22(27,28)29)9-18(31-33-21)12-3-4-17(25)13(6-12)10-30-19(32)5-11-1-2-11/h3-4,6-9,11,31H,1-2,5,10H2,(H,30,32). The van der Waals surface area contributed by atoms with Crippen LogP contribution in [0, 0.1) is 17.6 Å². The van der Waals surface area contributed by atoms with Crippen LogP contribution in [-0.4, -0.2) is 12.1 Å². The van der Waals surface area contributed by atoms with Crippen LogP contribution in [0.4, 0.5) is 22.0 Å². The van der Waals surface area contributed by atoms with Crippen LogP contribution in [0.3, 0.4) is 0 Å². The van der Waals surface area contributed by atoms with Gasteiger partial charge in [0.15, 0.2) is 5.82 Å². The van der Waals surface area contributed by atoms with Crippen molar-refractivity contribution in [2.45, 2.75) is 37.6 Å². The number of nitrogens with one attached hydrogen (secondary N) is 2. The van der Waals surface area contributed by atoms with Gasteiger partial charge in [0.25, 0.3) is 0 Å². The van der Waals surface area contributed by atoms with Crippen LogP contribution in [0.5, 0.6) is 0 Å². The predicted octanol–water partition coefficient (Wildman–Crippen LogP) is 6.02. The van der Waals surface area contributed by atoms with Crippen molar-refractivity contribution in [2.24, 2.45) is 5.92 Å². The maximum Gasteiger partial charge on any atom is 0.428 e. The Balaban J connectivity index is 1.65. The smallest absolute Gasteiger partial charge is 0.352 e. The average molecular weight is 507 g/mol. The summed E-state index contributed by atoms with van der Waals surface area (Å²) in [7, 11) is 0. The molecule has 11 heteroatoms. The molecule has 0 radical (unpaired) electrons. The van der Waals surface area contributed by atoms with Crippen molar-refractivity contribution in [3.8, 4) is 0 Å². The monoisotopic (exact) mass is 506 g/mol. The summed E-state index contributed by atoms with van der Waals surface area (Å²) in [6.07, 6.45) is -1.90. The van der Waals surface area contributed by atoms with Gasteiger partial charge in [-0.3, -0.25) is 15.1 Å². The van der Waals surface area contributed by atoms with E-state index >= 15 is 0 Å². The number of amides is 1. The molecule has 2 aliphatic rings. The second-order valence-electron chi connectivity index (χ2n) is 7.98. The Bertz CT molecular complexity index is 1110. The van der Waals surface area contributed by atoms with E-state index in [9.17, 15) is 26.7 Å². The molecule has 1 aliphatic carbocycles. The lowest BCUT2D eigenvalue weighted by Crippen LogP contribution is -2.42. The van der Waals surface area contributed by atoms with E-state index in [2.05, 4.69) is 10.8 Å². The first-order valence-corrected chi connectivity index (χ1v) is 10.7. The van der Waals surface area contributed by atoms with Gasteiger partial charge in [0, 0.05) is 29.7 Å². The highest BCUT2D eigenvalue weighted by atomic mass is 35.5. The van der Waals surface area contributed by atoms with Crippen LogP contribution in [0.2, 0.25) is 10.0 Å². The first-order chi connectivity index (χ1) is 15.5. The van der Waals surface area contributed by atoms with Crippen LogP contribution in [0.1, 0.15) is 36.0 Å². The molecule has 2 aromatic rings. The average Bonchev–Trinajstić information content (AvgIpc) is 3.43. The van der Waals surface area contributed by atoms with Gasteiger partial charge in [0.2, 0.25) is 11.5 Å². The fraction of sp³-hybridized carbons (Fsp3) is 0.318. The maximum atomic E-state index is 14.2. The number of carbonyl (C=O) groups excluding carboxylic acids is 1. The minimum atomic E-state index is -4.98. The largest absolute Gasteiger partial charge is 0.428 e. The molecular formula is C22H17Cl2F5N2O2. The number of rotatable bonds is 6. The maximum absolute atomic E-state index is 14.2. The Labute approximate surface area is 195 Å². The Morgan fingerprint density at radius 1 is 1.15 bits per heavy atom. The van der Waals surface area contributed by atoms with E-state index in [0.717, 1.165) is 37.1 Å². The van der Waals surface area contributed by atoms with Gasteiger partial charge < -0.3 is 5.32 Å². The van der Waals surface area contributed by atoms with Gasteiger partial charge in [0.05, 0.1) is 15.7 Å². The molecular weight excluding hydrogens is 490 g/mol. The van der Waals surface area contributed by atoms with Crippen molar-refractivity contribution in [1.82, 2.24) is 10.8 Å². The molecule has 0 bridgehead atoms. The van der Waals surface area contributed by atoms with Crippen molar-refractivity contribution >= 4 is 34.8 Å². The molecule has 1 amide bonds. The summed E-state index contributed by atoms with van der Waals surface area (Å²) in [5.74, 6) is -1.54. The third-order valence-electron chi connectivity index (χ3n) is 5.51. The highest BCUT2D eigenvalue weighted by Crippen LogP contribution is 2.48. The number of hydrogen-bond donors (Lipinski definition) is 2. The molecule has 0 saturated heterocycles. The fourth-order valence-corrected chi connectivity index (χ4v) is 3.97. The normalized spacial score (nSPS) is 20.4. The summed E-state index contributed by atoms with van der Waals surface area (Å²) in [5, 5.41) is 1.42. The molecule has 176 valence electrons. The van der Waals surface area contributed by atoms with Gasteiger partial charge in [-0.05, 0) is 55.2 Å². The number of halogens is 7. The van der Waals surface area contributed by atoms with Crippen LogP contribution in [0.15, 0.2) is 36.4 Å². The van der Waals surface area contributed by atoms with Gasteiger partial charge in [-0.2, -0.15) is 13.2 Å². The fourth-order valence-electron chi connectivity index (χ4n) is 3.48. The van der Waals surface area contributed by atoms with Crippen LogP contribution >= 0.6 is 23.2 Å². The number of hydroxylamine groups is 1. The van der Waals surface area contributed by atoms with Crippen molar-refractivity contribution in [3.05, 3.63) is 74.8 Å². The lowest BCUT2D eigenvalue weighted by molar-refractivity contribution is -0.269. The van der Waals surface area contributed by atoms with Crippen molar-refractivity contribution in [3.63, 3.8) is 0 Å². The molecule has 1 atom stereocenters. The minimum absolute atomic E-state index is 0.0942. The highest BCUT2D eigenvalue weighted by molar-refractivity contribution is 6.35. The van der Waals surface area contributed by atoms with Gasteiger partial charge >= 0.3 is 6.18 Å². The molecule has 0 aromatic heterocycles. The zero-order valence-corrected chi connectivity index (χ0v) is 18.3. The third kappa shape index (κ3) is 4.81. The highest BCUT2D eigenvalue weighted by Gasteiger charge is 2.59. The predicted molar refractivity (Wildman–Crippen MR) is 112 cm³/mol. The molecule has 1 aliphatic heterocycles. The summed E-state index contributed by atoms with van der Waals surface area (Å²) in [5.41, 5.74) is -1.16. The Morgan fingerprint density at radius 3 is 2.42 bits per heavy atom. The Kier molecular flexibility index (Phi) is 6.32. The minimum Gasteiger partial charge on any atom is -0.352 e. The quantitative estimate of drug-likeness (QED) is 0.372. The summed E-state index contributed by atoms with van der Waals surface area (Å²) in [4.78, 5) is 16.9. The van der Waals surface area contributed by atoms with E-state index in [0.29, 0.717) is 12.3 Å². The lowest BCUT2D eigenvalue weighted by Gasteiger charge is -2.28. The van der Waals surface area contributed by atoms with Gasteiger partial charge in [-0.25, -0.2) is 8.78 Å². The van der Waals surface area contributed by atoms with Gasteiger partial charge in [-0.15, -0.1) is 0 Å². The molecule has 1 unspecified atom stereocenters. The lowest BCUT2D eigenvalue weighted by atomic mass is 9.91. The van der Waals surface area contributed by atoms with E-state index in [1.807, 2.05) is 0 Å². The molecule has 1 saturated carbocycles. The summed E-state index contributed by atoms with van der Waals surface area (Å²) in [6.45, 7) is -0.118. The molecule has 4 rings (SSSR count). The zero-order valence-electron chi connectivity index (χ0n) is 16.8. The Morgan fingerprint density at radius 2 is 1.82 bits per heavy atom. The Hall–Kier alpha value is -2.36. The van der Waals surface area contributed by atoms with E-state index in [1.54, 1.807) is 0 Å². The van der Waals surface area contributed by atoms with Crippen LogP contribution in [-0.2, 0) is 21.8 Å². The van der Waals surface area contributed by atoms with Gasteiger partial charge in [0.1, 0.15) is 5.82 Å². The van der Waals surface area contributed by atoms with Crippen LogP contribution in [0.25, 0.3) is 5.70 Å². The van der Waals surface area contributed by atoms with E-state index in [1.165, 1.54) is 12.1 Å². The summed E-state index contributed by atoms with van der Waals surface area (Å²) < 4.78 is 70.4. The summed E-state index contributed by atoms with van der Waals surface area (Å²) >= 11 is 11.4. The second kappa shape index (κ2) is 8.77. The second-order valence-corrected chi connectivity index (χ2v) is 8.79. The molecule has 4 nitrogen and oxygen atoms in total. The van der Waals surface area contributed by atoms with Crippen molar-refractivity contribution < 1.29 is 31.6 Å². The van der Waals surface area contributed by atoms with Gasteiger partial charge in [-0.1, -0.05) is 23.2 Å². The first kappa shape index (κ1) is 23.8. The third-order valence-corrected chi connectivity index (χ3v) is 6.06. The number of alkyl halides is 3. The molecule has 1 fully saturated rings. The first-order valence-electron chi connectivity index (χ1n) is 9.94. The van der Waals surface area contributed by atoms with Crippen LogP contribution < -0.4 is 10.8 Å². The van der Waals surface area contributed by atoms with E-state index in [-0.39, 0.29) is 29.3 Å². The number of hydrogen-bond acceptors (Lipinski definition) is 3. The SMILES string of the molecule is O=C(CC1CC1)NCc1cc(C2=CC(c3cc(Cl)c(F)c(Cl)c3)(C(F)(F)F)ON2)ccc1F. The molecule has 0 spiro atoms. The molecule has 2 N–H and O–H groups in total. The van der Waals surface area contributed by atoms with E-state index < -0.39 is 39.0 Å². The molecule has 2 aromatic carbocycles.